The summed E-state index contributed by atoms with van der Waals surface area (Å²) in [5.74, 6) is -9.22. The molecule has 0 rings (SSSR count). The molecule has 0 spiro atoms. The van der Waals surface area contributed by atoms with Gasteiger partial charge < -0.3 is 9.84 Å². The van der Waals surface area contributed by atoms with E-state index >= 15 is 0 Å². The minimum Gasteiger partial charge on any atom is -0.494 e. The fourth-order valence-corrected chi connectivity index (χ4v) is 0.530. The molecule has 1 N–H and O–H groups in total. The van der Waals surface area contributed by atoms with Crippen LogP contribution in [-0.4, -0.2) is 30.3 Å². The van der Waals surface area contributed by atoms with Gasteiger partial charge in [0.2, 0.25) is 0 Å². The molecule has 8 heteroatoms. The average molecular weight is 220 g/mol. The highest BCUT2D eigenvalue weighted by Gasteiger charge is 2.61. The zero-order valence-electron chi connectivity index (χ0n) is 6.73. The van der Waals surface area contributed by atoms with Crippen LogP contribution in [-0.2, 0) is 9.53 Å². The van der Waals surface area contributed by atoms with E-state index in [9.17, 15) is 26.7 Å². The predicted octanol–water partition coefficient (Wildman–Crippen LogP) is 1.80. The molecular formula is C6H5F5O3. The Balaban J connectivity index is 5.14. The number of methoxy groups -OCH3 is 1. The largest absolute Gasteiger partial charge is 0.494 e. The Hall–Kier alpha value is -1.34. The lowest BCUT2D eigenvalue weighted by Crippen LogP contribution is -2.39. The molecule has 0 aromatic rings. The Morgan fingerprint density at radius 3 is 1.93 bits per heavy atom. The van der Waals surface area contributed by atoms with Crippen LogP contribution in [0.1, 0.15) is 0 Å². The second kappa shape index (κ2) is 3.81. The van der Waals surface area contributed by atoms with Crippen LogP contribution in [0.2, 0.25) is 0 Å². The average Bonchev–Trinajstić information content (AvgIpc) is 1.97. The maximum absolute atomic E-state index is 12.4. The summed E-state index contributed by atoms with van der Waals surface area (Å²) >= 11 is 0. The second-order valence-corrected chi connectivity index (χ2v) is 2.12. The van der Waals surface area contributed by atoms with Gasteiger partial charge in [-0.25, -0.2) is 4.79 Å². The topological polar surface area (TPSA) is 46.5 Å². The van der Waals surface area contributed by atoms with Crippen molar-refractivity contribution in [1.82, 2.24) is 0 Å². The van der Waals surface area contributed by atoms with Gasteiger partial charge in [-0.05, 0) is 0 Å². The Kier molecular flexibility index (Phi) is 3.44. The number of halogens is 5. The Morgan fingerprint density at radius 1 is 1.29 bits per heavy atom. The normalized spacial score (nSPS) is 14.0. The maximum Gasteiger partial charge on any atom is 0.461 e. The van der Waals surface area contributed by atoms with Gasteiger partial charge in [0, 0.05) is 0 Å². The summed E-state index contributed by atoms with van der Waals surface area (Å²) in [6, 6.07) is 0. The molecule has 0 aromatic carbocycles. The van der Waals surface area contributed by atoms with Crippen molar-refractivity contribution in [3.63, 3.8) is 0 Å². The smallest absolute Gasteiger partial charge is 0.461 e. The first kappa shape index (κ1) is 12.7. The molecular weight excluding hydrogens is 215 g/mol. The molecule has 0 bridgehead atoms. The quantitative estimate of drug-likeness (QED) is 0.448. The Morgan fingerprint density at radius 2 is 1.71 bits per heavy atom. The first-order valence-corrected chi connectivity index (χ1v) is 3.06. The van der Waals surface area contributed by atoms with Gasteiger partial charge in [-0.15, -0.1) is 0 Å². The van der Waals surface area contributed by atoms with E-state index in [1.54, 1.807) is 0 Å². The van der Waals surface area contributed by atoms with Crippen LogP contribution in [0.5, 0.6) is 0 Å². The van der Waals surface area contributed by atoms with Gasteiger partial charge in [0.15, 0.2) is 5.76 Å². The van der Waals surface area contributed by atoms with E-state index < -0.39 is 23.8 Å². The second-order valence-electron chi connectivity index (χ2n) is 2.12. The molecule has 0 fully saturated rings. The van der Waals surface area contributed by atoms with E-state index in [2.05, 4.69) is 4.74 Å². The zero-order chi connectivity index (χ0) is 11.6. The van der Waals surface area contributed by atoms with E-state index in [0.717, 1.165) is 0 Å². The van der Waals surface area contributed by atoms with Crippen molar-refractivity contribution in [2.75, 3.05) is 7.11 Å². The molecule has 0 unspecified atom stereocenters. The fraction of sp³-hybridized carbons (Fsp3) is 0.500. The van der Waals surface area contributed by atoms with Gasteiger partial charge >= 0.3 is 18.1 Å². The SMILES string of the molecule is CO/C(=C\C(=O)O)C(F)(F)C(F)(F)F. The maximum atomic E-state index is 12.4. The van der Waals surface area contributed by atoms with Gasteiger partial charge in [-0.2, -0.15) is 22.0 Å². The van der Waals surface area contributed by atoms with Crippen LogP contribution < -0.4 is 0 Å². The van der Waals surface area contributed by atoms with Crippen LogP contribution in [0, 0.1) is 0 Å². The number of allylic oxidation sites excluding steroid dienone is 1. The number of aliphatic carboxylic acids is 1. The lowest BCUT2D eigenvalue weighted by molar-refractivity contribution is -0.275. The van der Waals surface area contributed by atoms with Crippen molar-refractivity contribution in [2.45, 2.75) is 12.1 Å². The van der Waals surface area contributed by atoms with Gasteiger partial charge in [0.1, 0.15) is 0 Å². The molecule has 0 aliphatic heterocycles. The summed E-state index contributed by atoms with van der Waals surface area (Å²) in [4.78, 5) is 9.89. The number of rotatable bonds is 3. The van der Waals surface area contributed by atoms with Crippen LogP contribution in [0.25, 0.3) is 0 Å². The van der Waals surface area contributed by atoms with Crippen LogP contribution >= 0.6 is 0 Å². The third-order valence-corrected chi connectivity index (χ3v) is 1.14. The molecule has 0 amide bonds. The molecule has 0 aromatic heterocycles. The summed E-state index contributed by atoms with van der Waals surface area (Å²) in [7, 11) is 0.522. The molecule has 82 valence electrons. The van der Waals surface area contributed by atoms with Gasteiger partial charge in [0.25, 0.3) is 0 Å². The molecule has 0 aliphatic carbocycles. The molecule has 0 atom stereocenters. The summed E-state index contributed by atoms with van der Waals surface area (Å²) < 4.78 is 63.4. The van der Waals surface area contributed by atoms with E-state index in [0.29, 0.717) is 7.11 Å². The van der Waals surface area contributed by atoms with Crippen molar-refractivity contribution in [2.24, 2.45) is 0 Å². The molecule has 0 saturated carbocycles. The molecule has 14 heavy (non-hydrogen) atoms. The molecule has 3 nitrogen and oxygen atoms in total. The summed E-state index contributed by atoms with van der Waals surface area (Å²) in [6.07, 6.45) is -6.22. The van der Waals surface area contributed by atoms with Crippen molar-refractivity contribution in [3.05, 3.63) is 11.8 Å². The number of carboxylic acid groups (broad SMARTS) is 1. The summed E-state index contributed by atoms with van der Waals surface area (Å²) in [5, 5.41) is 7.99. The van der Waals surface area contributed by atoms with Gasteiger partial charge in [-0.1, -0.05) is 0 Å². The molecule has 0 saturated heterocycles. The van der Waals surface area contributed by atoms with Crippen LogP contribution in [0.3, 0.4) is 0 Å². The molecule has 0 radical (unpaired) electrons. The van der Waals surface area contributed by atoms with E-state index in [1.807, 2.05) is 0 Å². The first-order chi connectivity index (χ1) is 6.13. The Bertz CT molecular complexity index is 255. The van der Waals surface area contributed by atoms with E-state index in [-0.39, 0.29) is 6.08 Å². The lowest BCUT2D eigenvalue weighted by atomic mass is 10.2. The van der Waals surface area contributed by atoms with Crippen LogP contribution in [0.15, 0.2) is 11.8 Å². The number of hydrogen-bond donors (Lipinski definition) is 1. The lowest BCUT2D eigenvalue weighted by Gasteiger charge is -2.20. The number of alkyl halides is 5. The summed E-state index contributed by atoms with van der Waals surface area (Å²) in [5.41, 5.74) is 0. The highest BCUT2D eigenvalue weighted by molar-refractivity contribution is 5.80. The first-order valence-electron chi connectivity index (χ1n) is 3.06. The van der Waals surface area contributed by atoms with Crippen molar-refractivity contribution in [3.8, 4) is 0 Å². The van der Waals surface area contributed by atoms with Gasteiger partial charge in [-0.3, -0.25) is 0 Å². The number of ether oxygens (including phenoxy) is 1. The number of carboxylic acids is 1. The number of hydrogen-bond acceptors (Lipinski definition) is 2. The highest BCUT2D eigenvalue weighted by Crippen LogP contribution is 2.41. The standard InChI is InChI=1S/C6H5F5O3/c1-14-3(2-4(12)13)5(7,8)6(9,10)11/h2H,1H3,(H,12,13)/b3-2-. The summed E-state index contributed by atoms with van der Waals surface area (Å²) in [6.45, 7) is 0. The number of carbonyl (C=O) groups is 1. The van der Waals surface area contributed by atoms with Crippen molar-refractivity contribution >= 4 is 5.97 Å². The minimum absolute atomic E-state index is 0.340. The van der Waals surface area contributed by atoms with Crippen LogP contribution in [0.4, 0.5) is 22.0 Å². The Labute approximate surface area is 74.8 Å². The molecule has 0 heterocycles. The van der Waals surface area contributed by atoms with Gasteiger partial charge in [0.05, 0.1) is 13.2 Å². The monoisotopic (exact) mass is 220 g/mol. The predicted molar refractivity (Wildman–Crippen MR) is 33.7 cm³/mol. The molecule has 0 aliphatic rings. The third kappa shape index (κ3) is 2.57. The van der Waals surface area contributed by atoms with E-state index in [4.69, 9.17) is 5.11 Å². The van der Waals surface area contributed by atoms with E-state index in [1.165, 1.54) is 0 Å². The van der Waals surface area contributed by atoms with Crippen molar-refractivity contribution in [1.29, 1.82) is 0 Å². The van der Waals surface area contributed by atoms with Crippen molar-refractivity contribution < 1.29 is 36.6 Å². The fourth-order valence-electron chi connectivity index (χ4n) is 0.530. The highest BCUT2D eigenvalue weighted by atomic mass is 19.4. The minimum atomic E-state index is -5.88. The zero-order valence-corrected chi connectivity index (χ0v) is 6.73. The third-order valence-electron chi connectivity index (χ3n) is 1.14.